The van der Waals surface area contributed by atoms with Gasteiger partial charge in [-0.1, -0.05) is 0 Å². The smallest absolute Gasteiger partial charge is 0.304 e. The minimum absolute atomic E-state index is 0.00370. The van der Waals surface area contributed by atoms with E-state index in [1.54, 1.807) is 0 Å². The SMILES string of the molecule is COCCn1cc(S(=O)(=O)NCCC(=O)O)cn1. The lowest BCUT2D eigenvalue weighted by molar-refractivity contribution is -0.136. The average Bonchev–Trinajstić information content (AvgIpc) is 2.74. The Hall–Kier alpha value is -1.45. The van der Waals surface area contributed by atoms with Crippen LogP contribution in [0.5, 0.6) is 0 Å². The maximum atomic E-state index is 11.7. The number of sulfonamides is 1. The summed E-state index contributed by atoms with van der Waals surface area (Å²) in [5.74, 6) is -1.06. The molecule has 1 heterocycles. The van der Waals surface area contributed by atoms with Crippen LogP contribution in [0.2, 0.25) is 0 Å². The molecule has 0 atom stereocenters. The lowest BCUT2D eigenvalue weighted by atomic mass is 10.5. The Kier molecular flexibility index (Phi) is 5.25. The van der Waals surface area contributed by atoms with Crippen LogP contribution in [0.15, 0.2) is 17.3 Å². The Labute approximate surface area is 105 Å². The Morgan fingerprint density at radius 1 is 1.61 bits per heavy atom. The molecule has 1 aromatic heterocycles. The second-order valence-corrected chi connectivity index (χ2v) is 5.24. The van der Waals surface area contributed by atoms with Crippen molar-refractivity contribution in [1.29, 1.82) is 0 Å². The van der Waals surface area contributed by atoms with Gasteiger partial charge in [0.1, 0.15) is 4.90 Å². The summed E-state index contributed by atoms with van der Waals surface area (Å²) >= 11 is 0. The van der Waals surface area contributed by atoms with E-state index in [4.69, 9.17) is 9.84 Å². The molecule has 9 heteroatoms. The first-order chi connectivity index (χ1) is 8.45. The van der Waals surface area contributed by atoms with Gasteiger partial charge in [-0.2, -0.15) is 5.10 Å². The lowest BCUT2D eigenvalue weighted by Crippen LogP contribution is -2.26. The molecule has 0 aliphatic carbocycles. The number of hydrogen-bond donors (Lipinski definition) is 2. The van der Waals surface area contributed by atoms with Crippen molar-refractivity contribution >= 4 is 16.0 Å². The molecule has 2 N–H and O–H groups in total. The first kappa shape index (κ1) is 14.6. The van der Waals surface area contributed by atoms with Crippen molar-refractivity contribution in [3.05, 3.63) is 12.4 Å². The highest BCUT2D eigenvalue weighted by atomic mass is 32.2. The highest BCUT2D eigenvalue weighted by molar-refractivity contribution is 7.89. The molecule has 1 aromatic rings. The van der Waals surface area contributed by atoms with Crippen molar-refractivity contribution in [1.82, 2.24) is 14.5 Å². The quantitative estimate of drug-likeness (QED) is 0.649. The van der Waals surface area contributed by atoms with Gasteiger partial charge in [0.05, 0.1) is 25.8 Å². The van der Waals surface area contributed by atoms with Crippen LogP contribution in [-0.4, -0.2) is 49.5 Å². The van der Waals surface area contributed by atoms with E-state index < -0.39 is 16.0 Å². The van der Waals surface area contributed by atoms with E-state index in [-0.39, 0.29) is 17.9 Å². The molecular formula is C9H15N3O5S. The van der Waals surface area contributed by atoms with Crippen LogP contribution in [-0.2, 0) is 26.1 Å². The molecule has 102 valence electrons. The van der Waals surface area contributed by atoms with Gasteiger partial charge in [0.25, 0.3) is 0 Å². The second kappa shape index (κ2) is 6.47. The number of carboxylic acid groups (broad SMARTS) is 1. The van der Waals surface area contributed by atoms with Crippen molar-refractivity contribution in [2.45, 2.75) is 17.9 Å². The van der Waals surface area contributed by atoms with Crippen LogP contribution in [0.3, 0.4) is 0 Å². The molecule has 18 heavy (non-hydrogen) atoms. The Morgan fingerprint density at radius 3 is 2.94 bits per heavy atom. The van der Waals surface area contributed by atoms with Gasteiger partial charge in [0.2, 0.25) is 10.0 Å². The van der Waals surface area contributed by atoms with Crippen molar-refractivity contribution in [2.24, 2.45) is 0 Å². The molecule has 0 amide bonds. The number of ether oxygens (including phenoxy) is 1. The van der Waals surface area contributed by atoms with Gasteiger partial charge in [0.15, 0.2) is 0 Å². The van der Waals surface area contributed by atoms with Crippen LogP contribution in [0.25, 0.3) is 0 Å². The van der Waals surface area contributed by atoms with Crippen LogP contribution in [0.1, 0.15) is 6.42 Å². The fourth-order valence-electron chi connectivity index (χ4n) is 1.17. The van der Waals surface area contributed by atoms with Gasteiger partial charge in [0, 0.05) is 19.9 Å². The number of nitrogens with one attached hydrogen (secondary N) is 1. The minimum Gasteiger partial charge on any atom is -0.481 e. The zero-order valence-electron chi connectivity index (χ0n) is 9.87. The summed E-state index contributed by atoms with van der Waals surface area (Å²) < 4.78 is 31.9. The monoisotopic (exact) mass is 277 g/mol. The van der Waals surface area contributed by atoms with Crippen LogP contribution in [0, 0.1) is 0 Å². The molecule has 8 nitrogen and oxygen atoms in total. The second-order valence-electron chi connectivity index (χ2n) is 3.47. The molecule has 0 aliphatic heterocycles. The lowest BCUT2D eigenvalue weighted by Gasteiger charge is -2.02. The third-order valence-electron chi connectivity index (χ3n) is 2.08. The van der Waals surface area contributed by atoms with Crippen LogP contribution >= 0.6 is 0 Å². The number of carbonyl (C=O) groups is 1. The first-order valence-corrected chi connectivity index (χ1v) is 6.67. The third-order valence-corrected chi connectivity index (χ3v) is 3.49. The molecule has 0 saturated carbocycles. The topological polar surface area (TPSA) is 111 Å². The van der Waals surface area contributed by atoms with E-state index in [0.717, 1.165) is 0 Å². The average molecular weight is 277 g/mol. The number of hydrogen-bond acceptors (Lipinski definition) is 5. The highest BCUT2D eigenvalue weighted by Crippen LogP contribution is 2.06. The first-order valence-electron chi connectivity index (χ1n) is 5.18. The molecule has 0 aromatic carbocycles. The molecule has 0 saturated heterocycles. The molecule has 1 rings (SSSR count). The van der Waals surface area contributed by atoms with E-state index in [9.17, 15) is 13.2 Å². The van der Waals surface area contributed by atoms with Gasteiger partial charge < -0.3 is 9.84 Å². The van der Waals surface area contributed by atoms with Crippen molar-refractivity contribution in [2.75, 3.05) is 20.3 Å². The minimum atomic E-state index is -3.70. The Bertz CT molecular complexity index is 496. The van der Waals surface area contributed by atoms with Gasteiger partial charge in [-0.15, -0.1) is 0 Å². The van der Waals surface area contributed by atoms with Gasteiger partial charge in [-0.25, -0.2) is 13.1 Å². The summed E-state index contributed by atoms with van der Waals surface area (Å²) in [6.45, 7) is 0.718. The number of methoxy groups -OCH3 is 1. The molecule has 0 radical (unpaired) electrons. The summed E-state index contributed by atoms with van der Waals surface area (Å²) in [4.78, 5) is 10.3. The molecule has 0 bridgehead atoms. The van der Waals surface area contributed by atoms with Crippen LogP contribution < -0.4 is 4.72 Å². The van der Waals surface area contributed by atoms with Gasteiger partial charge in [-0.3, -0.25) is 9.48 Å². The number of aliphatic carboxylic acids is 1. The fraction of sp³-hybridized carbons (Fsp3) is 0.556. The number of aromatic nitrogens is 2. The fourth-order valence-corrected chi connectivity index (χ4v) is 2.15. The summed E-state index contributed by atoms with van der Waals surface area (Å²) in [5.41, 5.74) is 0. The highest BCUT2D eigenvalue weighted by Gasteiger charge is 2.16. The molecule has 0 unspecified atom stereocenters. The summed E-state index contributed by atoms with van der Waals surface area (Å²) in [6.07, 6.45) is 2.30. The maximum Gasteiger partial charge on any atom is 0.304 e. The van der Waals surface area contributed by atoms with E-state index in [1.807, 2.05) is 0 Å². The summed E-state index contributed by atoms with van der Waals surface area (Å²) in [6, 6.07) is 0. The zero-order valence-corrected chi connectivity index (χ0v) is 10.7. The van der Waals surface area contributed by atoms with E-state index in [2.05, 4.69) is 9.82 Å². The zero-order chi connectivity index (χ0) is 13.6. The predicted octanol–water partition coefficient (Wildman–Crippen LogP) is -0.717. The molecule has 0 fully saturated rings. The van der Waals surface area contributed by atoms with Crippen LogP contribution in [0.4, 0.5) is 0 Å². The van der Waals surface area contributed by atoms with Gasteiger partial charge >= 0.3 is 5.97 Å². The maximum absolute atomic E-state index is 11.7. The van der Waals surface area contributed by atoms with E-state index in [0.29, 0.717) is 13.2 Å². The van der Waals surface area contributed by atoms with Crippen molar-refractivity contribution in [3.63, 3.8) is 0 Å². The van der Waals surface area contributed by atoms with E-state index >= 15 is 0 Å². The summed E-state index contributed by atoms with van der Waals surface area (Å²) in [7, 11) is -2.16. The van der Waals surface area contributed by atoms with E-state index in [1.165, 1.54) is 24.2 Å². The number of nitrogens with zero attached hydrogens (tertiary/aromatic N) is 2. The largest absolute Gasteiger partial charge is 0.481 e. The Morgan fingerprint density at radius 2 is 2.33 bits per heavy atom. The van der Waals surface area contributed by atoms with Crippen molar-refractivity contribution in [3.8, 4) is 0 Å². The van der Waals surface area contributed by atoms with Gasteiger partial charge in [-0.05, 0) is 0 Å². The normalized spacial score (nSPS) is 11.6. The Balaban J connectivity index is 2.61. The molecular weight excluding hydrogens is 262 g/mol. The molecule has 0 aliphatic rings. The number of carboxylic acids is 1. The summed E-state index contributed by atoms with van der Waals surface area (Å²) in [5, 5.41) is 12.3. The standard InChI is InChI=1S/C9H15N3O5S/c1-17-5-4-12-7-8(6-10-12)18(15,16)11-3-2-9(13)14/h6-7,11H,2-5H2,1H3,(H,13,14). The predicted molar refractivity (Wildman–Crippen MR) is 61.5 cm³/mol. The van der Waals surface area contributed by atoms with Crippen molar-refractivity contribution < 1.29 is 23.1 Å². The third kappa shape index (κ3) is 4.43. The number of rotatable bonds is 8. The molecule has 0 spiro atoms.